The Morgan fingerprint density at radius 3 is 2.15 bits per heavy atom. The lowest BCUT2D eigenvalue weighted by atomic mass is 10.1. The molecule has 0 heterocycles. The summed E-state index contributed by atoms with van der Waals surface area (Å²) in [6, 6.07) is 18.7. The molecule has 0 bridgehead atoms. The van der Waals surface area contributed by atoms with Crippen LogP contribution in [0.4, 0.5) is 5.69 Å². The van der Waals surface area contributed by atoms with Crippen molar-refractivity contribution in [3.8, 4) is 0 Å². The number of carbonyl (C=O) groups excluding carboxylic acids is 2. The standard InChI is InChI=1S/C29H33Cl2N3O4S/c1-20-16-24(31)14-15-26(20)34(39(37,38)25-12-7-6-8-13-25)19-27(35)33(18-22-10-9-11-23(30)17-22)21(2)28(36)32-29(3,4)5/h6-17,21H,18-19H2,1-5H3,(H,32,36). The Kier molecular flexibility index (Phi) is 9.69. The van der Waals surface area contributed by atoms with Crippen LogP contribution in [0.5, 0.6) is 0 Å². The molecule has 3 rings (SSSR count). The van der Waals surface area contributed by atoms with Crippen LogP contribution in [0.2, 0.25) is 10.0 Å². The minimum Gasteiger partial charge on any atom is -0.350 e. The molecule has 208 valence electrons. The highest BCUT2D eigenvalue weighted by atomic mass is 35.5. The predicted octanol–water partition coefficient (Wildman–Crippen LogP) is 5.83. The highest BCUT2D eigenvalue weighted by Crippen LogP contribution is 2.29. The van der Waals surface area contributed by atoms with Gasteiger partial charge in [0.05, 0.1) is 10.6 Å². The predicted molar refractivity (Wildman–Crippen MR) is 157 cm³/mol. The van der Waals surface area contributed by atoms with Crippen LogP contribution < -0.4 is 9.62 Å². The molecular weight excluding hydrogens is 557 g/mol. The zero-order valence-electron chi connectivity index (χ0n) is 22.6. The normalized spacial score (nSPS) is 12.5. The summed E-state index contributed by atoms with van der Waals surface area (Å²) in [5, 5.41) is 3.83. The molecule has 0 fully saturated rings. The first kappa shape index (κ1) is 30.5. The molecule has 3 aromatic rings. The van der Waals surface area contributed by atoms with E-state index in [9.17, 15) is 18.0 Å². The van der Waals surface area contributed by atoms with Gasteiger partial charge in [0.1, 0.15) is 12.6 Å². The number of nitrogens with zero attached hydrogens (tertiary/aromatic N) is 2. The summed E-state index contributed by atoms with van der Waals surface area (Å²) in [6.45, 7) is 8.40. The number of hydrogen-bond donors (Lipinski definition) is 1. The van der Waals surface area contributed by atoms with E-state index in [1.807, 2.05) is 20.8 Å². The minimum atomic E-state index is -4.15. The van der Waals surface area contributed by atoms with Crippen molar-refractivity contribution in [3.05, 3.63) is 94.0 Å². The molecular formula is C29H33Cl2N3O4S. The molecule has 0 spiro atoms. The topological polar surface area (TPSA) is 86.8 Å². The molecule has 2 amide bonds. The number of nitrogens with one attached hydrogen (secondary N) is 1. The van der Waals surface area contributed by atoms with Crippen LogP contribution in [0.15, 0.2) is 77.7 Å². The Hall–Kier alpha value is -3.07. The summed E-state index contributed by atoms with van der Waals surface area (Å²) in [6.07, 6.45) is 0. The van der Waals surface area contributed by atoms with Gasteiger partial charge in [-0.2, -0.15) is 0 Å². The monoisotopic (exact) mass is 589 g/mol. The second kappa shape index (κ2) is 12.4. The van der Waals surface area contributed by atoms with Crippen molar-refractivity contribution in [2.24, 2.45) is 0 Å². The van der Waals surface area contributed by atoms with Crippen LogP contribution in [-0.4, -0.2) is 43.3 Å². The van der Waals surface area contributed by atoms with E-state index < -0.39 is 34.1 Å². The van der Waals surface area contributed by atoms with Gasteiger partial charge in [-0.25, -0.2) is 8.42 Å². The fourth-order valence-corrected chi connectivity index (χ4v) is 5.96. The fraction of sp³-hybridized carbons (Fsp3) is 0.310. The molecule has 0 saturated carbocycles. The third-order valence-electron chi connectivity index (χ3n) is 5.95. The van der Waals surface area contributed by atoms with E-state index in [2.05, 4.69) is 5.32 Å². The largest absolute Gasteiger partial charge is 0.350 e. The maximum absolute atomic E-state index is 14.0. The van der Waals surface area contributed by atoms with Crippen LogP contribution in [-0.2, 0) is 26.2 Å². The lowest BCUT2D eigenvalue weighted by Gasteiger charge is -2.34. The molecule has 0 aliphatic rings. The summed E-state index contributed by atoms with van der Waals surface area (Å²) < 4.78 is 28.8. The quantitative estimate of drug-likeness (QED) is 0.340. The number of halogens is 2. The highest BCUT2D eigenvalue weighted by Gasteiger charge is 2.33. The van der Waals surface area contributed by atoms with Gasteiger partial charge in [-0.15, -0.1) is 0 Å². The second-order valence-corrected chi connectivity index (χ2v) is 13.1. The van der Waals surface area contributed by atoms with Crippen LogP contribution in [0.3, 0.4) is 0 Å². The lowest BCUT2D eigenvalue weighted by Crippen LogP contribution is -2.54. The van der Waals surface area contributed by atoms with Gasteiger partial charge in [0, 0.05) is 22.1 Å². The molecule has 1 N–H and O–H groups in total. The van der Waals surface area contributed by atoms with Crippen LogP contribution in [0, 0.1) is 6.92 Å². The number of hydrogen-bond acceptors (Lipinski definition) is 4. The maximum Gasteiger partial charge on any atom is 0.264 e. The molecule has 0 aliphatic heterocycles. The molecule has 10 heteroatoms. The van der Waals surface area contributed by atoms with Gasteiger partial charge in [0.25, 0.3) is 10.0 Å². The van der Waals surface area contributed by atoms with Gasteiger partial charge in [-0.1, -0.05) is 53.5 Å². The van der Waals surface area contributed by atoms with Crippen molar-refractivity contribution in [3.63, 3.8) is 0 Å². The van der Waals surface area contributed by atoms with Crippen molar-refractivity contribution in [2.45, 2.75) is 57.6 Å². The van der Waals surface area contributed by atoms with E-state index >= 15 is 0 Å². The van der Waals surface area contributed by atoms with Crippen LogP contribution in [0.25, 0.3) is 0 Å². The molecule has 0 radical (unpaired) electrons. The number of amides is 2. The zero-order chi connectivity index (χ0) is 29.0. The summed E-state index contributed by atoms with van der Waals surface area (Å²) in [4.78, 5) is 28.5. The first-order chi connectivity index (χ1) is 18.2. The Morgan fingerprint density at radius 2 is 1.56 bits per heavy atom. The van der Waals surface area contributed by atoms with E-state index in [0.29, 0.717) is 26.9 Å². The second-order valence-electron chi connectivity index (χ2n) is 10.3. The molecule has 39 heavy (non-hydrogen) atoms. The van der Waals surface area contributed by atoms with Crippen molar-refractivity contribution in [1.82, 2.24) is 10.2 Å². The Balaban J connectivity index is 2.06. The molecule has 3 aromatic carbocycles. The molecule has 0 saturated heterocycles. The Labute approximate surface area is 240 Å². The SMILES string of the molecule is Cc1cc(Cl)ccc1N(CC(=O)N(Cc1cccc(Cl)c1)C(C)C(=O)NC(C)(C)C)S(=O)(=O)c1ccccc1. The third kappa shape index (κ3) is 7.97. The van der Waals surface area contributed by atoms with E-state index in [0.717, 1.165) is 4.31 Å². The lowest BCUT2D eigenvalue weighted by molar-refractivity contribution is -0.140. The van der Waals surface area contributed by atoms with Crippen molar-refractivity contribution < 1.29 is 18.0 Å². The van der Waals surface area contributed by atoms with Gasteiger partial charge in [0.15, 0.2) is 0 Å². The molecule has 0 aliphatic carbocycles. The van der Waals surface area contributed by atoms with Gasteiger partial charge >= 0.3 is 0 Å². The van der Waals surface area contributed by atoms with Crippen molar-refractivity contribution >= 4 is 50.7 Å². The van der Waals surface area contributed by atoms with E-state index in [4.69, 9.17) is 23.2 Å². The summed E-state index contributed by atoms with van der Waals surface area (Å²) in [7, 11) is -4.15. The number of rotatable bonds is 9. The first-order valence-corrected chi connectivity index (χ1v) is 14.6. The van der Waals surface area contributed by atoms with Crippen LogP contribution in [0.1, 0.15) is 38.8 Å². The smallest absolute Gasteiger partial charge is 0.264 e. The number of carbonyl (C=O) groups is 2. The van der Waals surface area contributed by atoms with Crippen molar-refractivity contribution in [2.75, 3.05) is 10.8 Å². The van der Waals surface area contributed by atoms with Gasteiger partial charge < -0.3 is 10.2 Å². The molecule has 1 unspecified atom stereocenters. The van der Waals surface area contributed by atoms with E-state index in [-0.39, 0.29) is 17.3 Å². The van der Waals surface area contributed by atoms with Crippen LogP contribution >= 0.6 is 23.2 Å². The van der Waals surface area contributed by atoms with Crippen molar-refractivity contribution in [1.29, 1.82) is 0 Å². The maximum atomic E-state index is 14.0. The summed E-state index contributed by atoms with van der Waals surface area (Å²) >= 11 is 12.3. The zero-order valence-corrected chi connectivity index (χ0v) is 24.9. The molecule has 1 atom stereocenters. The van der Waals surface area contributed by atoms with E-state index in [1.165, 1.54) is 17.0 Å². The highest BCUT2D eigenvalue weighted by molar-refractivity contribution is 7.92. The summed E-state index contributed by atoms with van der Waals surface area (Å²) in [5.74, 6) is -0.918. The van der Waals surface area contributed by atoms with E-state index in [1.54, 1.807) is 74.5 Å². The number of aryl methyl sites for hydroxylation is 1. The minimum absolute atomic E-state index is 0.0343. The third-order valence-corrected chi connectivity index (χ3v) is 8.19. The number of benzene rings is 3. The molecule has 7 nitrogen and oxygen atoms in total. The average molecular weight is 591 g/mol. The summed E-state index contributed by atoms with van der Waals surface area (Å²) in [5.41, 5.74) is 1.06. The average Bonchev–Trinajstić information content (AvgIpc) is 2.85. The van der Waals surface area contributed by atoms with Gasteiger partial charge in [-0.3, -0.25) is 13.9 Å². The first-order valence-electron chi connectivity index (χ1n) is 12.4. The van der Waals surface area contributed by atoms with Gasteiger partial charge in [-0.05, 0) is 88.2 Å². The number of sulfonamides is 1. The fourth-order valence-electron chi connectivity index (χ4n) is 4.02. The molecule has 0 aromatic heterocycles. The van der Waals surface area contributed by atoms with Gasteiger partial charge in [0.2, 0.25) is 11.8 Å². The Morgan fingerprint density at radius 1 is 0.923 bits per heavy atom. The Bertz CT molecular complexity index is 1440. The number of anilines is 1.